The molecule has 0 aliphatic carbocycles. The van der Waals surface area contributed by atoms with Crippen LogP contribution < -0.4 is 5.32 Å². The number of carbonyl (C=O) groups is 2. The van der Waals surface area contributed by atoms with Gasteiger partial charge in [-0.05, 0) is 51.5 Å². The molecular weight excluding hydrogens is 354 g/mol. The number of thiazole rings is 1. The number of amides is 1. The molecule has 0 unspecified atom stereocenters. The zero-order valence-electron chi connectivity index (χ0n) is 15.1. The van der Waals surface area contributed by atoms with Crippen molar-refractivity contribution < 1.29 is 19.1 Å². The summed E-state index contributed by atoms with van der Waals surface area (Å²) in [7, 11) is 0. The lowest BCUT2D eigenvalue weighted by molar-refractivity contribution is -0.136. The Morgan fingerprint density at radius 3 is 2.58 bits per heavy atom. The number of aromatic nitrogens is 2. The lowest BCUT2D eigenvalue weighted by atomic mass is 10.1. The first kappa shape index (κ1) is 19.6. The highest BCUT2D eigenvalue weighted by Crippen LogP contribution is 2.28. The highest BCUT2D eigenvalue weighted by atomic mass is 32.1. The molecule has 2 heterocycles. The van der Waals surface area contributed by atoms with Crippen LogP contribution in [0.25, 0.3) is 11.6 Å². The smallest absolute Gasteiger partial charge is 0.413 e. The summed E-state index contributed by atoms with van der Waals surface area (Å²) >= 11 is 1.16. The van der Waals surface area contributed by atoms with E-state index in [9.17, 15) is 9.59 Å². The number of esters is 1. The predicted octanol–water partition coefficient (Wildman–Crippen LogP) is 3.99. The third-order valence-electron chi connectivity index (χ3n) is 2.89. The van der Waals surface area contributed by atoms with Gasteiger partial charge in [0.1, 0.15) is 5.60 Å². The van der Waals surface area contributed by atoms with Gasteiger partial charge < -0.3 is 9.47 Å². The molecule has 0 atom stereocenters. The molecule has 26 heavy (non-hydrogen) atoms. The third-order valence-corrected chi connectivity index (χ3v) is 3.84. The zero-order chi connectivity index (χ0) is 19.2. The van der Waals surface area contributed by atoms with E-state index < -0.39 is 17.7 Å². The summed E-state index contributed by atoms with van der Waals surface area (Å²) in [4.78, 5) is 32.9. The second-order valence-corrected chi connectivity index (χ2v) is 7.25. The minimum atomic E-state index is -0.610. The molecule has 0 spiro atoms. The molecular formula is C18H21N3O4S. The minimum absolute atomic E-state index is 0.258. The van der Waals surface area contributed by atoms with E-state index in [-0.39, 0.29) is 6.61 Å². The van der Waals surface area contributed by atoms with Gasteiger partial charge in [0.15, 0.2) is 5.13 Å². The number of hydrogen-bond acceptors (Lipinski definition) is 7. The monoisotopic (exact) mass is 375 g/mol. The number of hydrogen-bond donors (Lipinski definition) is 1. The van der Waals surface area contributed by atoms with Gasteiger partial charge in [-0.2, -0.15) is 0 Å². The van der Waals surface area contributed by atoms with Crippen LogP contribution in [-0.4, -0.2) is 34.2 Å². The first-order valence-corrected chi connectivity index (χ1v) is 8.85. The molecule has 7 nitrogen and oxygen atoms in total. The van der Waals surface area contributed by atoms with E-state index in [2.05, 4.69) is 15.3 Å². The van der Waals surface area contributed by atoms with Crippen molar-refractivity contribution in [2.45, 2.75) is 33.3 Å². The molecule has 1 amide bonds. The van der Waals surface area contributed by atoms with E-state index in [1.807, 2.05) is 0 Å². The van der Waals surface area contributed by atoms with E-state index in [0.29, 0.717) is 15.6 Å². The maximum absolute atomic E-state index is 12.3. The topological polar surface area (TPSA) is 90.4 Å². The van der Waals surface area contributed by atoms with Crippen molar-refractivity contribution in [3.8, 4) is 0 Å². The summed E-state index contributed by atoms with van der Waals surface area (Å²) in [6.45, 7) is 7.32. The quantitative estimate of drug-likeness (QED) is 0.628. The average Bonchev–Trinajstić information content (AvgIpc) is 3.00. The highest BCUT2D eigenvalue weighted by Gasteiger charge is 2.20. The number of rotatable bonds is 5. The van der Waals surface area contributed by atoms with Crippen LogP contribution in [0.15, 0.2) is 30.7 Å². The average molecular weight is 375 g/mol. The van der Waals surface area contributed by atoms with E-state index >= 15 is 0 Å². The summed E-state index contributed by atoms with van der Waals surface area (Å²) in [5.41, 5.74) is 0.549. The van der Waals surface area contributed by atoms with Gasteiger partial charge in [0.2, 0.25) is 0 Å². The van der Waals surface area contributed by atoms with Gasteiger partial charge in [0, 0.05) is 18.6 Å². The SMILES string of the molecule is CCOC(=O)/C(=C/c1ccncc1)c1cnc(NC(=O)OC(C)(C)C)s1. The zero-order valence-corrected chi connectivity index (χ0v) is 15.9. The van der Waals surface area contributed by atoms with Gasteiger partial charge >= 0.3 is 12.1 Å². The molecule has 0 bridgehead atoms. The molecule has 0 aliphatic rings. The Morgan fingerprint density at radius 1 is 1.27 bits per heavy atom. The van der Waals surface area contributed by atoms with Crippen molar-refractivity contribution in [2.24, 2.45) is 0 Å². The summed E-state index contributed by atoms with van der Waals surface area (Å²) in [5.74, 6) is -0.461. The molecule has 0 fully saturated rings. The number of pyridine rings is 1. The molecule has 2 aromatic rings. The molecule has 0 aliphatic heterocycles. The molecule has 0 saturated carbocycles. The number of carbonyl (C=O) groups excluding carboxylic acids is 2. The van der Waals surface area contributed by atoms with Crippen LogP contribution in [0.1, 0.15) is 38.1 Å². The van der Waals surface area contributed by atoms with E-state index in [4.69, 9.17) is 9.47 Å². The summed E-state index contributed by atoms with van der Waals surface area (Å²) < 4.78 is 10.3. The fraction of sp³-hybridized carbons (Fsp3) is 0.333. The fourth-order valence-corrected chi connectivity index (χ4v) is 2.72. The van der Waals surface area contributed by atoms with Gasteiger partial charge in [-0.15, -0.1) is 0 Å². The standard InChI is InChI=1S/C18H21N3O4S/c1-5-24-15(22)13(10-12-6-8-19-9-7-12)14-11-20-16(26-14)21-17(23)25-18(2,3)4/h6-11H,5H2,1-4H3,(H,20,21,23)/b13-10+. The van der Waals surface area contributed by atoms with Crippen molar-refractivity contribution in [1.29, 1.82) is 0 Å². The molecule has 1 N–H and O–H groups in total. The Morgan fingerprint density at radius 2 is 1.96 bits per heavy atom. The molecule has 0 aromatic carbocycles. The van der Waals surface area contributed by atoms with Crippen molar-refractivity contribution >= 4 is 40.2 Å². The van der Waals surface area contributed by atoms with Gasteiger partial charge in [0.05, 0.1) is 17.1 Å². The molecule has 0 radical (unpaired) electrons. The lowest BCUT2D eigenvalue weighted by Crippen LogP contribution is -2.27. The Labute approximate surface area is 156 Å². The Bertz CT molecular complexity index is 794. The first-order valence-electron chi connectivity index (χ1n) is 8.03. The van der Waals surface area contributed by atoms with Crippen LogP contribution in [0.2, 0.25) is 0 Å². The first-order chi connectivity index (χ1) is 12.3. The molecule has 2 aromatic heterocycles. The van der Waals surface area contributed by atoms with Crippen molar-refractivity contribution in [3.63, 3.8) is 0 Å². The third kappa shape index (κ3) is 5.96. The second kappa shape index (κ2) is 8.57. The predicted molar refractivity (Wildman–Crippen MR) is 101 cm³/mol. The number of ether oxygens (including phenoxy) is 2. The van der Waals surface area contributed by atoms with Crippen molar-refractivity contribution in [1.82, 2.24) is 9.97 Å². The Balaban J connectivity index is 2.24. The van der Waals surface area contributed by atoms with Crippen LogP contribution >= 0.6 is 11.3 Å². The van der Waals surface area contributed by atoms with Gasteiger partial charge in [-0.1, -0.05) is 11.3 Å². The fourth-order valence-electron chi connectivity index (χ4n) is 1.91. The molecule has 8 heteroatoms. The molecule has 2 rings (SSSR count). The van der Waals surface area contributed by atoms with Crippen LogP contribution in [-0.2, 0) is 14.3 Å². The molecule has 0 saturated heterocycles. The van der Waals surface area contributed by atoms with Crippen LogP contribution in [0, 0.1) is 0 Å². The van der Waals surface area contributed by atoms with E-state index in [1.165, 1.54) is 6.20 Å². The van der Waals surface area contributed by atoms with Crippen LogP contribution in [0.4, 0.5) is 9.93 Å². The Hall–Kier alpha value is -2.74. The Kier molecular flexibility index (Phi) is 6.46. The van der Waals surface area contributed by atoms with Gasteiger partial charge in [-0.3, -0.25) is 10.3 Å². The normalized spacial score (nSPS) is 11.8. The van der Waals surface area contributed by atoms with Crippen LogP contribution in [0.3, 0.4) is 0 Å². The second-order valence-electron chi connectivity index (χ2n) is 6.22. The van der Waals surface area contributed by atoms with Crippen molar-refractivity contribution in [2.75, 3.05) is 11.9 Å². The van der Waals surface area contributed by atoms with E-state index in [1.54, 1.807) is 58.3 Å². The molecule has 138 valence electrons. The van der Waals surface area contributed by atoms with Crippen LogP contribution in [0.5, 0.6) is 0 Å². The summed E-state index contributed by atoms with van der Waals surface area (Å²) in [6, 6.07) is 3.56. The largest absolute Gasteiger partial charge is 0.462 e. The number of nitrogens with zero attached hydrogens (tertiary/aromatic N) is 2. The maximum Gasteiger partial charge on any atom is 0.413 e. The summed E-state index contributed by atoms with van der Waals surface area (Å²) in [5, 5.41) is 2.90. The number of nitrogens with one attached hydrogen (secondary N) is 1. The minimum Gasteiger partial charge on any atom is -0.462 e. The van der Waals surface area contributed by atoms with E-state index in [0.717, 1.165) is 16.9 Å². The summed E-state index contributed by atoms with van der Waals surface area (Å²) in [6.07, 6.45) is 5.88. The van der Waals surface area contributed by atoms with Gasteiger partial charge in [-0.25, -0.2) is 14.6 Å². The number of anilines is 1. The van der Waals surface area contributed by atoms with Gasteiger partial charge in [0.25, 0.3) is 0 Å². The maximum atomic E-state index is 12.3. The lowest BCUT2D eigenvalue weighted by Gasteiger charge is -2.18. The van der Waals surface area contributed by atoms with Crippen molar-refractivity contribution in [3.05, 3.63) is 41.2 Å². The highest BCUT2D eigenvalue weighted by molar-refractivity contribution is 7.17.